The Bertz CT molecular complexity index is 756. The zero-order valence-electron chi connectivity index (χ0n) is 17.1. The molecule has 0 amide bonds. The van der Waals surface area contributed by atoms with E-state index in [9.17, 15) is 0 Å². The standard InChI is InChI=1S/C21H32N6/c1-5-22-21(23-12-11-20-17(2)24-25(4)18(20)3)27-15-13-26(14-16-27)19-9-7-6-8-10-19/h6-10H,5,11-16H2,1-4H3,(H,22,23). The third-order valence-electron chi connectivity index (χ3n) is 5.32. The van der Waals surface area contributed by atoms with Crippen LogP contribution in [0.15, 0.2) is 35.3 Å². The monoisotopic (exact) mass is 368 g/mol. The molecule has 1 aromatic heterocycles. The van der Waals surface area contributed by atoms with Gasteiger partial charge in [0.1, 0.15) is 0 Å². The number of nitrogens with zero attached hydrogens (tertiary/aromatic N) is 5. The number of piperazine rings is 1. The summed E-state index contributed by atoms with van der Waals surface area (Å²) in [5.41, 5.74) is 4.99. The molecule has 1 aromatic carbocycles. The fourth-order valence-electron chi connectivity index (χ4n) is 3.69. The van der Waals surface area contributed by atoms with E-state index in [1.165, 1.54) is 16.9 Å². The van der Waals surface area contributed by atoms with Crippen LogP contribution in [0.25, 0.3) is 0 Å². The van der Waals surface area contributed by atoms with Crippen molar-refractivity contribution < 1.29 is 0 Å². The number of benzene rings is 1. The maximum atomic E-state index is 4.90. The van der Waals surface area contributed by atoms with Gasteiger partial charge in [0.25, 0.3) is 0 Å². The first-order valence-corrected chi connectivity index (χ1v) is 9.92. The summed E-state index contributed by atoms with van der Waals surface area (Å²) < 4.78 is 1.96. The molecule has 2 aromatic rings. The molecule has 2 heterocycles. The predicted octanol–water partition coefficient (Wildman–Crippen LogP) is 2.37. The zero-order chi connectivity index (χ0) is 19.2. The molecule has 6 nitrogen and oxygen atoms in total. The van der Waals surface area contributed by atoms with Gasteiger partial charge in [-0.1, -0.05) is 18.2 Å². The summed E-state index contributed by atoms with van der Waals surface area (Å²) >= 11 is 0. The smallest absolute Gasteiger partial charge is 0.194 e. The third kappa shape index (κ3) is 4.62. The van der Waals surface area contributed by atoms with Crippen molar-refractivity contribution in [2.75, 3.05) is 44.2 Å². The van der Waals surface area contributed by atoms with Crippen LogP contribution in [0.3, 0.4) is 0 Å². The van der Waals surface area contributed by atoms with Gasteiger partial charge in [-0.05, 0) is 44.9 Å². The second-order valence-corrected chi connectivity index (χ2v) is 7.07. The molecule has 1 aliphatic rings. The van der Waals surface area contributed by atoms with Gasteiger partial charge in [-0.2, -0.15) is 5.10 Å². The van der Waals surface area contributed by atoms with Crippen LogP contribution >= 0.6 is 0 Å². The highest BCUT2D eigenvalue weighted by atomic mass is 15.3. The van der Waals surface area contributed by atoms with E-state index in [0.29, 0.717) is 0 Å². The van der Waals surface area contributed by atoms with Crippen LogP contribution in [0, 0.1) is 13.8 Å². The van der Waals surface area contributed by atoms with Crippen molar-refractivity contribution in [3.05, 3.63) is 47.3 Å². The van der Waals surface area contributed by atoms with Crippen LogP contribution in [0.1, 0.15) is 23.9 Å². The van der Waals surface area contributed by atoms with E-state index >= 15 is 0 Å². The number of aromatic nitrogens is 2. The lowest BCUT2D eigenvalue weighted by molar-refractivity contribution is 0.372. The van der Waals surface area contributed by atoms with Gasteiger partial charge < -0.3 is 15.1 Å². The molecule has 6 heteroatoms. The third-order valence-corrected chi connectivity index (χ3v) is 5.32. The Morgan fingerprint density at radius 2 is 1.81 bits per heavy atom. The number of para-hydroxylation sites is 1. The first-order chi connectivity index (χ1) is 13.1. The molecular formula is C21H32N6. The fraction of sp³-hybridized carbons (Fsp3) is 0.524. The van der Waals surface area contributed by atoms with Gasteiger partial charge in [0, 0.05) is 57.7 Å². The molecule has 0 atom stereocenters. The van der Waals surface area contributed by atoms with Gasteiger partial charge in [0.15, 0.2) is 5.96 Å². The van der Waals surface area contributed by atoms with E-state index < -0.39 is 0 Å². The van der Waals surface area contributed by atoms with Crippen molar-refractivity contribution in [3.63, 3.8) is 0 Å². The summed E-state index contributed by atoms with van der Waals surface area (Å²) in [6, 6.07) is 10.7. The minimum atomic E-state index is 0.786. The van der Waals surface area contributed by atoms with Crippen LogP contribution in [0.2, 0.25) is 0 Å². The number of nitrogens with one attached hydrogen (secondary N) is 1. The molecule has 0 unspecified atom stereocenters. The molecule has 0 spiro atoms. The number of rotatable bonds is 5. The SMILES string of the molecule is CCNC(=NCCc1c(C)nn(C)c1C)N1CCN(c2ccccc2)CC1. The summed E-state index contributed by atoms with van der Waals surface area (Å²) in [5.74, 6) is 1.03. The number of guanidine groups is 1. The maximum absolute atomic E-state index is 4.90. The Balaban J connectivity index is 1.59. The van der Waals surface area contributed by atoms with Crippen molar-refractivity contribution in [2.24, 2.45) is 12.0 Å². The van der Waals surface area contributed by atoms with Gasteiger partial charge in [-0.3, -0.25) is 9.67 Å². The van der Waals surface area contributed by atoms with E-state index in [2.05, 4.69) is 71.3 Å². The van der Waals surface area contributed by atoms with Gasteiger partial charge in [0.2, 0.25) is 0 Å². The number of aryl methyl sites for hydroxylation is 2. The molecule has 1 fully saturated rings. The summed E-state index contributed by atoms with van der Waals surface area (Å²) in [5, 5.41) is 7.97. The van der Waals surface area contributed by atoms with E-state index in [0.717, 1.165) is 57.3 Å². The highest BCUT2D eigenvalue weighted by Gasteiger charge is 2.19. The number of hydrogen-bond donors (Lipinski definition) is 1. The second-order valence-electron chi connectivity index (χ2n) is 7.07. The molecule has 146 valence electrons. The Morgan fingerprint density at radius 3 is 2.41 bits per heavy atom. The summed E-state index contributed by atoms with van der Waals surface area (Å²) in [6.45, 7) is 12.1. The second kappa shape index (κ2) is 8.93. The summed E-state index contributed by atoms with van der Waals surface area (Å²) in [4.78, 5) is 9.73. The number of anilines is 1. The first-order valence-electron chi connectivity index (χ1n) is 9.92. The lowest BCUT2D eigenvalue weighted by Crippen LogP contribution is -2.52. The fourth-order valence-corrected chi connectivity index (χ4v) is 3.69. The topological polar surface area (TPSA) is 48.7 Å². The average molecular weight is 369 g/mol. The van der Waals surface area contributed by atoms with Crippen molar-refractivity contribution in [2.45, 2.75) is 27.2 Å². The van der Waals surface area contributed by atoms with Gasteiger partial charge >= 0.3 is 0 Å². The van der Waals surface area contributed by atoms with E-state index in [1.807, 2.05) is 11.7 Å². The van der Waals surface area contributed by atoms with Gasteiger partial charge in [0.05, 0.1) is 5.69 Å². The zero-order valence-corrected chi connectivity index (χ0v) is 17.1. The first kappa shape index (κ1) is 19.3. The lowest BCUT2D eigenvalue weighted by Gasteiger charge is -2.37. The molecule has 1 N–H and O–H groups in total. The maximum Gasteiger partial charge on any atom is 0.194 e. The molecule has 1 aliphatic heterocycles. The molecular weight excluding hydrogens is 336 g/mol. The number of hydrogen-bond acceptors (Lipinski definition) is 3. The quantitative estimate of drug-likeness (QED) is 0.650. The van der Waals surface area contributed by atoms with Crippen LogP contribution in [0.4, 0.5) is 5.69 Å². The Labute approximate surface area is 162 Å². The number of aliphatic imine (C=N–C) groups is 1. The Hall–Kier alpha value is -2.50. The Kier molecular flexibility index (Phi) is 6.37. The van der Waals surface area contributed by atoms with Crippen molar-refractivity contribution in [3.8, 4) is 0 Å². The minimum absolute atomic E-state index is 0.786. The minimum Gasteiger partial charge on any atom is -0.368 e. The van der Waals surface area contributed by atoms with E-state index in [4.69, 9.17) is 4.99 Å². The van der Waals surface area contributed by atoms with Crippen molar-refractivity contribution in [1.29, 1.82) is 0 Å². The lowest BCUT2D eigenvalue weighted by atomic mass is 10.1. The van der Waals surface area contributed by atoms with Crippen molar-refractivity contribution in [1.82, 2.24) is 20.0 Å². The predicted molar refractivity (Wildman–Crippen MR) is 113 cm³/mol. The van der Waals surface area contributed by atoms with E-state index in [-0.39, 0.29) is 0 Å². The molecule has 27 heavy (non-hydrogen) atoms. The molecule has 3 rings (SSSR count). The normalized spacial score (nSPS) is 15.3. The highest BCUT2D eigenvalue weighted by molar-refractivity contribution is 5.80. The van der Waals surface area contributed by atoms with E-state index in [1.54, 1.807) is 0 Å². The van der Waals surface area contributed by atoms with Crippen molar-refractivity contribution >= 4 is 11.6 Å². The van der Waals surface area contributed by atoms with Crippen LogP contribution < -0.4 is 10.2 Å². The van der Waals surface area contributed by atoms with Crippen LogP contribution in [-0.4, -0.2) is 59.9 Å². The average Bonchev–Trinajstić information content (AvgIpc) is 2.94. The molecule has 0 radical (unpaired) electrons. The van der Waals surface area contributed by atoms with Gasteiger partial charge in [-0.15, -0.1) is 0 Å². The molecule has 0 aliphatic carbocycles. The summed E-state index contributed by atoms with van der Waals surface area (Å²) in [7, 11) is 2.01. The Morgan fingerprint density at radius 1 is 1.11 bits per heavy atom. The highest BCUT2D eigenvalue weighted by Crippen LogP contribution is 2.16. The largest absolute Gasteiger partial charge is 0.368 e. The van der Waals surface area contributed by atoms with Crippen LogP contribution in [-0.2, 0) is 13.5 Å². The molecule has 0 saturated carbocycles. The summed E-state index contributed by atoms with van der Waals surface area (Å²) in [6.07, 6.45) is 0.935. The van der Waals surface area contributed by atoms with Crippen LogP contribution in [0.5, 0.6) is 0 Å². The van der Waals surface area contributed by atoms with Gasteiger partial charge in [-0.25, -0.2) is 0 Å². The molecule has 1 saturated heterocycles. The molecule has 0 bridgehead atoms.